The van der Waals surface area contributed by atoms with Gasteiger partial charge in [0.2, 0.25) is 5.91 Å². The van der Waals surface area contributed by atoms with Crippen molar-refractivity contribution < 1.29 is 19.1 Å². The highest BCUT2D eigenvalue weighted by Gasteiger charge is 2.23. The topological polar surface area (TPSA) is 69.6 Å². The maximum absolute atomic E-state index is 13.4. The van der Waals surface area contributed by atoms with Crippen LogP contribution in [-0.4, -0.2) is 48.1 Å². The number of benzene rings is 1. The molecule has 0 saturated carbocycles. The normalized spacial score (nSPS) is 14.8. The van der Waals surface area contributed by atoms with Gasteiger partial charge >= 0.3 is 0 Å². The molecule has 0 aliphatic carbocycles. The lowest BCUT2D eigenvalue weighted by molar-refractivity contribution is -0.121. The molecule has 1 heterocycles. The van der Waals surface area contributed by atoms with Gasteiger partial charge in [-0.2, -0.15) is 0 Å². The van der Waals surface area contributed by atoms with Crippen LogP contribution in [0.15, 0.2) is 18.2 Å². The predicted molar refractivity (Wildman–Crippen MR) is 73.9 cm³/mol. The predicted octanol–water partition coefficient (Wildman–Crippen LogP) is 0.132. The van der Waals surface area contributed by atoms with Crippen LogP contribution in [0.5, 0.6) is 0 Å². The van der Waals surface area contributed by atoms with Crippen LogP contribution in [-0.2, 0) is 4.79 Å². The first-order chi connectivity index (χ1) is 10.1. The summed E-state index contributed by atoms with van der Waals surface area (Å²) in [5.41, 5.74) is 0.436. The number of carbonyl (C=O) groups is 2. The van der Waals surface area contributed by atoms with Crippen molar-refractivity contribution in [3.05, 3.63) is 35.1 Å². The molecule has 2 N–H and O–H groups in total. The summed E-state index contributed by atoms with van der Waals surface area (Å²) < 4.78 is 13.4. The van der Waals surface area contributed by atoms with Crippen molar-refractivity contribution in [1.82, 2.24) is 10.2 Å². The molecule has 0 atom stereocenters. The summed E-state index contributed by atoms with van der Waals surface area (Å²) >= 11 is 0. The van der Waals surface area contributed by atoms with Crippen LogP contribution in [0.3, 0.4) is 0 Å². The third-order valence-corrected chi connectivity index (χ3v) is 3.06. The Bertz CT molecular complexity index is 619. The van der Waals surface area contributed by atoms with Gasteiger partial charge in [-0.15, -0.1) is 0 Å². The highest BCUT2D eigenvalue weighted by Crippen LogP contribution is 2.14. The first-order valence-corrected chi connectivity index (χ1v) is 6.57. The van der Waals surface area contributed by atoms with E-state index in [1.54, 1.807) is 0 Å². The second kappa shape index (κ2) is 6.86. The minimum atomic E-state index is -0.549. The van der Waals surface area contributed by atoms with E-state index < -0.39 is 11.7 Å². The van der Waals surface area contributed by atoms with Gasteiger partial charge in [-0.25, -0.2) is 4.39 Å². The molecule has 21 heavy (non-hydrogen) atoms. The average molecular weight is 290 g/mol. The average Bonchev–Trinajstić information content (AvgIpc) is 2.70. The molecule has 1 saturated heterocycles. The zero-order valence-electron chi connectivity index (χ0n) is 11.4. The Labute approximate surface area is 121 Å². The minimum Gasteiger partial charge on any atom is -0.384 e. The molecule has 0 radical (unpaired) electrons. The molecule has 1 aliphatic rings. The number of aliphatic hydroxyl groups is 1. The summed E-state index contributed by atoms with van der Waals surface area (Å²) in [5.74, 6) is 3.84. The van der Waals surface area contributed by atoms with Crippen molar-refractivity contribution in [2.75, 3.05) is 26.2 Å². The quantitative estimate of drug-likeness (QED) is 0.722. The highest BCUT2D eigenvalue weighted by atomic mass is 19.1. The third-order valence-electron chi connectivity index (χ3n) is 3.06. The molecule has 0 aromatic heterocycles. The molecule has 2 rings (SSSR count). The number of halogens is 1. The largest absolute Gasteiger partial charge is 0.384 e. The van der Waals surface area contributed by atoms with E-state index in [9.17, 15) is 14.0 Å². The molecule has 1 aliphatic heterocycles. The number of hydrogen-bond acceptors (Lipinski definition) is 3. The van der Waals surface area contributed by atoms with Crippen LogP contribution >= 0.6 is 0 Å². The van der Waals surface area contributed by atoms with Crippen LogP contribution < -0.4 is 5.32 Å². The summed E-state index contributed by atoms with van der Waals surface area (Å²) in [6, 6.07) is 3.70. The second-order valence-electron chi connectivity index (χ2n) is 4.58. The van der Waals surface area contributed by atoms with Gasteiger partial charge in [-0.1, -0.05) is 11.8 Å². The van der Waals surface area contributed by atoms with Crippen molar-refractivity contribution in [2.45, 2.75) is 6.42 Å². The molecule has 0 unspecified atom stereocenters. The standard InChI is InChI=1S/C15H15FN2O3/c16-12-5-4-11(3-1-8-19)13(9-12)15(21)18-7-2-6-17-14(20)10-18/h4-5,9,19H,2,6-8,10H2,(H,17,20). The number of nitrogens with one attached hydrogen (secondary N) is 1. The third kappa shape index (κ3) is 3.80. The molecule has 110 valence electrons. The Hall–Kier alpha value is -2.39. The lowest BCUT2D eigenvalue weighted by atomic mass is 10.1. The van der Waals surface area contributed by atoms with Crippen LogP contribution in [0.4, 0.5) is 4.39 Å². The maximum atomic E-state index is 13.4. The maximum Gasteiger partial charge on any atom is 0.255 e. The molecule has 1 aromatic rings. The summed E-state index contributed by atoms with van der Waals surface area (Å²) in [6.07, 6.45) is 0.643. The summed E-state index contributed by atoms with van der Waals surface area (Å²) in [6.45, 7) is 0.531. The zero-order valence-corrected chi connectivity index (χ0v) is 11.4. The SMILES string of the molecule is O=C1CN(C(=O)c2cc(F)ccc2C#CCO)CCCN1. The first-order valence-electron chi connectivity index (χ1n) is 6.57. The number of hydrogen-bond donors (Lipinski definition) is 2. The Morgan fingerprint density at radius 1 is 1.48 bits per heavy atom. The van der Waals surface area contributed by atoms with Gasteiger partial charge in [-0.05, 0) is 24.6 Å². The van der Waals surface area contributed by atoms with E-state index in [0.717, 1.165) is 6.07 Å². The van der Waals surface area contributed by atoms with Crippen LogP contribution in [0, 0.1) is 17.7 Å². The number of amides is 2. The lowest BCUT2D eigenvalue weighted by Gasteiger charge is -2.19. The molecule has 1 aromatic carbocycles. The van der Waals surface area contributed by atoms with Crippen molar-refractivity contribution in [2.24, 2.45) is 0 Å². The fourth-order valence-electron chi connectivity index (χ4n) is 2.09. The number of rotatable bonds is 1. The van der Waals surface area contributed by atoms with E-state index in [1.165, 1.54) is 17.0 Å². The van der Waals surface area contributed by atoms with Crippen molar-refractivity contribution in [3.63, 3.8) is 0 Å². The number of aliphatic hydroxyl groups excluding tert-OH is 1. The van der Waals surface area contributed by atoms with E-state index >= 15 is 0 Å². The molecule has 6 heteroatoms. The van der Waals surface area contributed by atoms with E-state index in [0.29, 0.717) is 25.1 Å². The fraction of sp³-hybridized carbons (Fsp3) is 0.333. The van der Waals surface area contributed by atoms with Gasteiger partial charge in [-0.3, -0.25) is 9.59 Å². The number of carbonyl (C=O) groups excluding carboxylic acids is 2. The lowest BCUT2D eigenvalue weighted by Crippen LogP contribution is -2.37. The molecular formula is C15H15FN2O3. The molecule has 0 bridgehead atoms. The highest BCUT2D eigenvalue weighted by molar-refractivity contribution is 5.98. The monoisotopic (exact) mass is 290 g/mol. The van der Waals surface area contributed by atoms with Crippen LogP contribution in [0.2, 0.25) is 0 Å². The van der Waals surface area contributed by atoms with Gasteiger partial charge in [0.05, 0.1) is 12.1 Å². The van der Waals surface area contributed by atoms with Gasteiger partial charge in [0, 0.05) is 18.7 Å². The summed E-state index contributed by atoms with van der Waals surface area (Å²) in [4.78, 5) is 25.4. The van der Waals surface area contributed by atoms with E-state index in [4.69, 9.17) is 5.11 Å². The molecule has 2 amide bonds. The molecule has 1 fully saturated rings. The van der Waals surface area contributed by atoms with Gasteiger partial charge in [0.15, 0.2) is 0 Å². The Morgan fingerprint density at radius 2 is 2.29 bits per heavy atom. The zero-order chi connectivity index (χ0) is 15.2. The smallest absolute Gasteiger partial charge is 0.255 e. The Morgan fingerprint density at radius 3 is 3.05 bits per heavy atom. The van der Waals surface area contributed by atoms with Crippen LogP contribution in [0.25, 0.3) is 0 Å². The van der Waals surface area contributed by atoms with Gasteiger partial charge < -0.3 is 15.3 Å². The van der Waals surface area contributed by atoms with E-state index in [1.807, 2.05) is 0 Å². The van der Waals surface area contributed by atoms with Crippen molar-refractivity contribution in [1.29, 1.82) is 0 Å². The van der Waals surface area contributed by atoms with Crippen LogP contribution in [0.1, 0.15) is 22.3 Å². The van der Waals surface area contributed by atoms with Gasteiger partial charge in [0.1, 0.15) is 12.4 Å². The number of nitrogens with zero attached hydrogens (tertiary/aromatic N) is 1. The Balaban J connectivity index is 2.32. The van der Waals surface area contributed by atoms with Crippen molar-refractivity contribution in [3.8, 4) is 11.8 Å². The van der Waals surface area contributed by atoms with Gasteiger partial charge in [0.25, 0.3) is 5.91 Å². The van der Waals surface area contributed by atoms with Crippen molar-refractivity contribution >= 4 is 11.8 Å². The van der Waals surface area contributed by atoms with E-state index in [2.05, 4.69) is 17.2 Å². The summed E-state index contributed by atoms with van der Waals surface area (Å²) in [5, 5.41) is 11.4. The first kappa shape index (κ1) is 15.0. The molecule has 5 nitrogen and oxygen atoms in total. The second-order valence-corrected chi connectivity index (χ2v) is 4.58. The fourth-order valence-corrected chi connectivity index (χ4v) is 2.09. The minimum absolute atomic E-state index is 0.0534. The summed E-state index contributed by atoms with van der Waals surface area (Å²) in [7, 11) is 0. The Kier molecular flexibility index (Phi) is 4.90. The molecule has 0 spiro atoms. The van der Waals surface area contributed by atoms with E-state index in [-0.39, 0.29) is 24.6 Å². The molecular weight excluding hydrogens is 275 g/mol.